The molecule has 3 aromatic carbocycles. The van der Waals surface area contributed by atoms with Gasteiger partial charge in [0, 0.05) is 16.9 Å². The Balaban J connectivity index is 1.80. The van der Waals surface area contributed by atoms with Gasteiger partial charge in [0.25, 0.3) is 5.91 Å². The fraction of sp³-hybridized carbons (Fsp3) is 0.174. The third-order valence-corrected chi connectivity index (χ3v) is 5.51. The highest BCUT2D eigenvalue weighted by atomic mass is 32.2. The number of rotatable bonds is 6. The zero-order chi connectivity index (χ0) is 20.8. The number of hydrogen-bond donors (Lipinski definition) is 2. The van der Waals surface area contributed by atoms with E-state index in [4.69, 9.17) is 5.26 Å². The van der Waals surface area contributed by atoms with Crippen LogP contribution in [0.4, 0.5) is 0 Å². The third kappa shape index (κ3) is 4.95. The van der Waals surface area contributed by atoms with E-state index >= 15 is 0 Å². The van der Waals surface area contributed by atoms with Crippen molar-refractivity contribution >= 4 is 34.7 Å². The number of hydrazone groups is 1. The van der Waals surface area contributed by atoms with E-state index in [1.807, 2.05) is 42.1 Å². The van der Waals surface area contributed by atoms with E-state index in [1.54, 1.807) is 6.21 Å². The summed E-state index contributed by atoms with van der Waals surface area (Å²) in [4.78, 5) is 12.3. The molecule has 0 aliphatic heterocycles. The van der Waals surface area contributed by atoms with Crippen molar-refractivity contribution in [2.75, 3.05) is 0 Å². The number of aromatic hydroxyl groups is 1. The number of phenolic OH excluding ortho intramolecular Hbond substituents is 1. The number of fused-ring (bicyclic) bond motifs is 1. The van der Waals surface area contributed by atoms with E-state index in [2.05, 4.69) is 36.5 Å². The quantitative estimate of drug-likeness (QED) is 0.456. The molecule has 0 bridgehead atoms. The molecule has 0 spiro atoms. The van der Waals surface area contributed by atoms with Crippen LogP contribution in [0, 0.1) is 11.3 Å². The molecule has 6 heteroatoms. The topological polar surface area (TPSA) is 85.5 Å². The maximum absolute atomic E-state index is 12.3. The van der Waals surface area contributed by atoms with Crippen LogP contribution in [0.2, 0.25) is 0 Å². The van der Waals surface area contributed by atoms with E-state index in [9.17, 15) is 9.90 Å². The molecule has 1 amide bonds. The molecule has 5 nitrogen and oxygen atoms in total. The number of thioether (sulfide) groups is 1. The van der Waals surface area contributed by atoms with Crippen molar-refractivity contribution < 1.29 is 9.90 Å². The monoisotopic (exact) mass is 403 g/mol. The van der Waals surface area contributed by atoms with Crippen LogP contribution in [0.3, 0.4) is 0 Å². The lowest BCUT2D eigenvalue weighted by Gasteiger charge is -2.10. The Kier molecular flexibility index (Phi) is 6.53. The van der Waals surface area contributed by atoms with Gasteiger partial charge >= 0.3 is 0 Å². The van der Waals surface area contributed by atoms with Crippen LogP contribution in [0.1, 0.15) is 40.9 Å². The van der Waals surface area contributed by atoms with Gasteiger partial charge in [0.1, 0.15) is 11.8 Å². The summed E-state index contributed by atoms with van der Waals surface area (Å²) in [5, 5.41) is 25.4. The minimum atomic E-state index is -0.452. The Bertz CT molecular complexity index is 1120. The summed E-state index contributed by atoms with van der Waals surface area (Å²) >= 11 is 1.90. The predicted molar refractivity (Wildman–Crippen MR) is 118 cm³/mol. The van der Waals surface area contributed by atoms with Gasteiger partial charge in [0.05, 0.1) is 11.8 Å². The first-order chi connectivity index (χ1) is 14.0. The number of phenols is 1. The summed E-state index contributed by atoms with van der Waals surface area (Å²) in [5.74, 6) is 0.329. The molecule has 29 heavy (non-hydrogen) atoms. The lowest BCUT2D eigenvalue weighted by molar-refractivity contribution is 0.0955. The SMILES string of the molecule is CC(C)SCc1ccc(/C=N/NC(=O)c2ccc(O)c(C#N)c2)c2ccccc12. The molecule has 0 aliphatic carbocycles. The molecule has 0 unspecified atom stereocenters. The van der Waals surface area contributed by atoms with Crippen LogP contribution >= 0.6 is 11.8 Å². The van der Waals surface area contributed by atoms with Gasteiger partial charge in [-0.2, -0.15) is 22.1 Å². The number of nitrogens with zero attached hydrogens (tertiary/aromatic N) is 2. The van der Waals surface area contributed by atoms with Gasteiger partial charge in [-0.15, -0.1) is 0 Å². The summed E-state index contributed by atoms with van der Waals surface area (Å²) in [6, 6.07) is 18.2. The van der Waals surface area contributed by atoms with Crippen molar-refractivity contribution in [1.29, 1.82) is 5.26 Å². The molecule has 0 radical (unpaired) electrons. The molecule has 2 N–H and O–H groups in total. The molecule has 0 saturated carbocycles. The molecular formula is C23H21N3O2S. The standard InChI is InChI=1S/C23H21N3O2S/c1-15(2)29-14-18-8-7-17(20-5-3-4-6-21(18)20)13-25-26-23(28)16-9-10-22(27)19(11-16)12-24/h3-11,13,15,27H,14H2,1-2H3,(H,26,28)/b25-13+. The van der Waals surface area contributed by atoms with Crippen LogP contribution < -0.4 is 5.43 Å². The number of hydrogen-bond acceptors (Lipinski definition) is 5. The molecule has 0 aliphatic rings. The van der Waals surface area contributed by atoms with Gasteiger partial charge in [0.15, 0.2) is 0 Å². The van der Waals surface area contributed by atoms with E-state index in [0.29, 0.717) is 5.25 Å². The molecule has 3 aromatic rings. The molecule has 0 atom stereocenters. The average Bonchev–Trinajstić information content (AvgIpc) is 2.73. The maximum Gasteiger partial charge on any atom is 0.271 e. The van der Waals surface area contributed by atoms with E-state index < -0.39 is 5.91 Å². The highest BCUT2D eigenvalue weighted by Gasteiger charge is 2.09. The molecule has 0 saturated heterocycles. The van der Waals surface area contributed by atoms with E-state index in [-0.39, 0.29) is 16.9 Å². The van der Waals surface area contributed by atoms with Gasteiger partial charge in [0.2, 0.25) is 0 Å². The molecule has 3 rings (SSSR count). The largest absolute Gasteiger partial charge is 0.507 e. The van der Waals surface area contributed by atoms with Crippen LogP contribution in [0.15, 0.2) is 59.7 Å². The number of nitrogens with one attached hydrogen (secondary N) is 1. The van der Waals surface area contributed by atoms with Crippen LogP contribution in [0.25, 0.3) is 10.8 Å². The molecule has 146 valence electrons. The minimum Gasteiger partial charge on any atom is -0.507 e. The Hall–Kier alpha value is -3.30. The lowest BCUT2D eigenvalue weighted by atomic mass is 10.0. The lowest BCUT2D eigenvalue weighted by Crippen LogP contribution is -2.17. The zero-order valence-electron chi connectivity index (χ0n) is 16.2. The third-order valence-electron chi connectivity index (χ3n) is 4.37. The first-order valence-electron chi connectivity index (χ1n) is 9.18. The van der Waals surface area contributed by atoms with E-state index in [0.717, 1.165) is 16.7 Å². The molecular weight excluding hydrogens is 382 g/mol. The maximum atomic E-state index is 12.3. The summed E-state index contributed by atoms with van der Waals surface area (Å²) in [6.07, 6.45) is 1.62. The highest BCUT2D eigenvalue weighted by Crippen LogP contribution is 2.26. The Labute approximate surface area is 174 Å². The summed E-state index contributed by atoms with van der Waals surface area (Å²) < 4.78 is 0. The average molecular weight is 404 g/mol. The smallest absolute Gasteiger partial charge is 0.271 e. The van der Waals surface area contributed by atoms with Gasteiger partial charge in [-0.3, -0.25) is 4.79 Å². The van der Waals surface area contributed by atoms with Crippen molar-refractivity contribution in [2.24, 2.45) is 5.10 Å². The van der Waals surface area contributed by atoms with E-state index in [1.165, 1.54) is 29.1 Å². The normalized spacial score (nSPS) is 11.1. The fourth-order valence-electron chi connectivity index (χ4n) is 2.87. The van der Waals surface area contributed by atoms with Gasteiger partial charge in [-0.05, 0) is 39.8 Å². The summed E-state index contributed by atoms with van der Waals surface area (Å²) in [7, 11) is 0. The molecule has 0 aromatic heterocycles. The Morgan fingerprint density at radius 1 is 1.21 bits per heavy atom. The summed E-state index contributed by atoms with van der Waals surface area (Å²) in [6.45, 7) is 4.37. The van der Waals surface area contributed by atoms with Crippen molar-refractivity contribution in [3.8, 4) is 11.8 Å². The number of carbonyl (C=O) groups excluding carboxylic acids is 1. The molecule has 0 heterocycles. The Morgan fingerprint density at radius 3 is 2.69 bits per heavy atom. The number of carbonyl (C=O) groups is 1. The highest BCUT2D eigenvalue weighted by molar-refractivity contribution is 7.99. The van der Waals surface area contributed by atoms with Crippen LogP contribution in [-0.2, 0) is 5.75 Å². The Morgan fingerprint density at radius 2 is 1.97 bits per heavy atom. The molecule has 0 fully saturated rings. The fourth-order valence-corrected chi connectivity index (χ4v) is 3.64. The van der Waals surface area contributed by atoms with Gasteiger partial charge in [-0.25, -0.2) is 5.43 Å². The van der Waals surface area contributed by atoms with Crippen LogP contribution in [-0.4, -0.2) is 22.5 Å². The zero-order valence-corrected chi connectivity index (χ0v) is 17.0. The van der Waals surface area contributed by atoms with Crippen LogP contribution in [0.5, 0.6) is 5.75 Å². The van der Waals surface area contributed by atoms with Gasteiger partial charge < -0.3 is 5.11 Å². The second-order valence-electron chi connectivity index (χ2n) is 6.76. The van der Waals surface area contributed by atoms with Crippen molar-refractivity contribution in [3.63, 3.8) is 0 Å². The summed E-state index contributed by atoms with van der Waals surface area (Å²) in [5.41, 5.74) is 4.95. The van der Waals surface area contributed by atoms with Crippen molar-refractivity contribution in [3.05, 3.63) is 76.9 Å². The van der Waals surface area contributed by atoms with Crippen molar-refractivity contribution in [1.82, 2.24) is 5.43 Å². The predicted octanol–water partition coefficient (Wildman–Crippen LogP) is 4.82. The first kappa shape index (κ1) is 20.4. The number of nitriles is 1. The van der Waals surface area contributed by atoms with Crippen molar-refractivity contribution in [2.45, 2.75) is 24.9 Å². The number of benzene rings is 3. The van der Waals surface area contributed by atoms with Gasteiger partial charge in [-0.1, -0.05) is 50.2 Å². The first-order valence-corrected chi connectivity index (χ1v) is 10.2. The minimum absolute atomic E-state index is 0.0440. The second kappa shape index (κ2) is 9.26. The number of amides is 1. The second-order valence-corrected chi connectivity index (χ2v) is 8.33.